The van der Waals surface area contributed by atoms with Crippen molar-refractivity contribution in [2.45, 2.75) is 19.4 Å². The number of hydrogen-bond donors (Lipinski definition) is 2. The molecule has 13 heavy (non-hydrogen) atoms. The van der Waals surface area contributed by atoms with Crippen molar-refractivity contribution in [1.82, 2.24) is 0 Å². The van der Waals surface area contributed by atoms with Gasteiger partial charge in [-0.05, 0) is 6.42 Å². The van der Waals surface area contributed by atoms with E-state index in [1.165, 1.54) is 0 Å². The van der Waals surface area contributed by atoms with Gasteiger partial charge in [0.2, 0.25) is 0 Å². The summed E-state index contributed by atoms with van der Waals surface area (Å²) in [6, 6.07) is 0. The van der Waals surface area contributed by atoms with Crippen LogP contribution in [-0.2, 0) is 14.3 Å². The Bertz CT molecular complexity index is 209. The summed E-state index contributed by atoms with van der Waals surface area (Å²) in [6.45, 7) is 1.63. The molecule has 0 aliphatic carbocycles. The molecule has 0 aromatic rings. The quantitative estimate of drug-likeness (QED) is 0.466. The van der Waals surface area contributed by atoms with Crippen molar-refractivity contribution in [1.29, 1.82) is 0 Å². The molecule has 74 valence electrons. The Morgan fingerprint density at radius 2 is 2.08 bits per heavy atom. The van der Waals surface area contributed by atoms with Crippen LogP contribution in [0.15, 0.2) is 12.2 Å². The van der Waals surface area contributed by atoms with Crippen molar-refractivity contribution < 1.29 is 24.5 Å². The molecule has 0 radical (unpaired) electrons. The third kappa shape index (κ3) is 7.02. The van der Waals surface area contributed by atoms with E-state index >= 15 is 0 Å². The highest BCUT2D eigenvalue weighted by Crippen LogP contribution is 1.91. The average Bonchev–Trinajstić information content (AvgIpc) is 2.10. The second-order valence-electron chi connectivity index (χ2n) is 2.36. The molecular weight excluding hydrogens is 176 g/mol. The summed E-state index contributed by atoms with van der Waals surface area (Å²) in [7, 11) is 0. The maximum Gasteiger partial charge on any atom is 0.331 e. The van der Waals surface area contributed by atoms with Gasteiger partial charge in [-0.3, -0.25) is 0 Å². The summed E-state index contributed by atoms with van der Waals surface area (Å²) in [6.07, 6.45) is 1.27. The smallest absolute Gasteiger partial charge is 0.331 e. The van der Waals surface area contributed by atoms with Crippen LogP contribution in [0.1, 0.15) is 13.3 Å². The molecule has 5 nitrogen and oxygen atoms in total. The standard InChI is InChI=1S/C8H12O5/c1-2-6(9)5-13-8(12)4-3-7(10)11/h3-4,6,9H,2,5H2,1H3,(H,10,11)/b4-3+. The lowest BCUT2D eigenvalue weighted by atomic mass is 10.3. The molecule has 0 aromatic carbocycles. The van der Waals surface area contributed by atoms with Crippen LogP contribution in [0.4, 0.5) is 0 Å². The van der Waals surface area contributed by atoms with Crippen LogP contribution in [0.25, 0.3) is 0 Å². The molecule has 0 saturated carbocycles. The highest BCUT2D eigenvalue weighted by Gasteiger charge is 2.03. The van der Waals surface area contributed by atoms with Crippen LogP contribution in [0.5, 0.6) is 0 Å². The summed E-state index contributed by atoms with van der Waals surface area (Å²) in [5.74, 6) is -1.98. The maximum absolute atomic E-state index is 10.7. The SMILES string of the molecule is CCC(O)COC(=O)/C=C/C(=O)O. The number of aliphatic carboxylic acids is 1. The second kappa shape index (κ2) is 6.19. The van der Waals surface area contributed by atoms with Crippen molar-refractivity contribution in [3.63, 3.8) is 0 Å². The minimum Gasteiger partial charge on any atom is -0.478 e. The number of hydrogen-bond acceptors (Lipinski definition) is 4. The number of carbonyl (C=O) groups excluding carboxylic acids is 1. The Balaban J connectivity index is 3.69. The van der Waals surface area contributed by atoms with Crippen molar-refractivity contribution in [2.75, 3.05) is 6.61 Å². The number of carboxylic acid groups (broad SMARTS) is 1. The fourth-order valence-corrected chi connectivity index (χ4v) is 0.484. The zero-order valence-corrected chi connectivity index (χ0v) is 7.27. The Kier molecular flexibility index (Phi) is 5.54. The van der Waals surface area contributed by atoms with Crippen molar-refractivity contribution in [3.05, 3.63) is 12.2 Å². The number of aliphatic hydroxyl groups is 1. The molecule has 0 aromatic heterocycles. The molecule has 0 bridgehead atoms. The fourth-order valence-electron chi connectivity index (χ4n) is 0.484. The van der Waals surface area contributed by atoms with Gasteiger partial charge >= 0.3 is 11.9 Å². The molecule has 0 saturated heterocycles. The number of carbonyl (C=O) groups is 2. The molecule has 0 rings (SSSR count). The Hall–Kier alpha value is -1.36. The summed E-state index contributed by atoms with van der Waals surface area (Å²) < 4.78 is 4.51. The lowest BCUT2D eigenvalue weighted by Gasteiger charge is -2.06. The van der Waals surface area contributed by atoms with Gasteiger partial charge in [0, 0.05) is 12.2 Å². The highest BCUT2D eigenvalue weighted by atomic mass is 16.5. The number of esters is 1. The first-order valence-electron chi connectivity index (χ1n) is 3.82. The molecule has 0 aliphatic rings. The van der Waals surface area contributed by atoms with Gasteiger partial charge in [-0.1, -0.05) is 6.92 Å². The Morgan fingerprint density at radius 1 is 1.46 bits per heavy atom. The Labute approximate surface area is 75.6 Å². The van der Waals surface area contributed by atoms with E-state index in [9.17, 15) is 9.59 Å². The van der Waals surface area contributed by atoms with E-state index in [1.807, 2.05) is 0 Å². The molecule has 0 amide bonds. The van der Waals surface area contributed by atoms with Gasteiger partial charge in [-0.15, -0.1) is 0 Å². The van der Waals surface area contributed by atoms with E-state index in [0.717, 1.165) is 6.08 Å². The third-order valence-electron chi connectivity index (χ3n) is 1.25. The van der Waals surface area contributed by atoms with Gasteiger partial charge in [0.05, 0.1) is 6.10 Å². The van der Waals surface area contributed by atoms with Crippen molar-refractivity contribution >= 4 is 11.9 Å². The van der Waals surface area contributed by atoms with Gasteiger partial charge in [-0.2, -0.15) is 0 Å². The molecule has 1 unspecified atom stereocenters. The maximum atomic E-state index is 10.7. The largest absolute Gasteiger partial charge is 0.478 e. The van der Waals surface area contributed by atoms with E-state index in [1.54, 1.807) is 6.92 Å². The zero-order chi connectivity index (χ0) is 10.3. The van der Waals surface area contributed by atoms with Crippen LogP contribution in [0.3, 0.4) is 0 Å². The van der Waals surface area contributed by atoms with Gasteiger partial charge in [0.25, 0.3) is 0 Å². The molecule has 2 N–H and O–H groups in total. The van der Waals surface area contributed by atoms with Crippen LogP contribution in [0.2, 0.25) is 0 Å². The molecule has 0 heterocycles. The molecule has 0 aliphatic heterocycles. The van der Waals surface area contributed by atoms with E-state index in [-0.39, 0.29) is 6.61 Å². The van der Waals surface area contributed by atoms with Crippen LogP contribution in [-0.4, -0.2) is 34.9 Å². The predicted molar refractivity (Wildman–Crippen MR) is 44.0 cm³/mol. The van der Waals surface area contributed by atoms with Crippen molar-refractivity contribution in [2.24, 2.45) is 0 Å². The first-order chi connectivity index (χ1) is 6.06. The number of carboxylic acids is 1. The van der Waals surface area contributed by atoms with Gasteiger partial charge < -0.3 is 14.9 Å². The van der Waals surface area contributed by atoms with E-state index in [4.69, 9.17) is 10.2 Å². The first-order valence-corrected chi connectivity index (χ1v) is 3.82. The van der Waals surface area contributed by atoms with Crippen molar-refractivity contribution in [3.8, 4) is 0 Å². The zero-order valence-electron chi connectivity index (χ0n) is 7.27. The first kappa shape index (κ1) is 11.6. The summed E-state index contributed by atoms with van der Waals surface area (Å²) >= 11 is 0. The number of ether oxygens (including phenoxy) is 1. The van der Waals surface area contributed by atoms with Crippen LogP contribution in [0, 0.1) is 0 Å². The van der Waals surface area contributed by atoms with E-state index < -0.39 is 18.0 Å². The molecular formula is C8H12O5. The van der Waals surface area contributed by atoms with E-state index in [2.05, 4.69) is 4.74 Å². The summed E-state index contributed by atoms with van der Waals surface area (Å²) in [5, 5.41) is 17.1. The number of aliphatic hydroxyl groups excluding tert-OH is 1. The van der Waals surface area contributed by atoms with Gasteiger partial charge in [-0.25, -0.2) is 9.59 Å². The lowest BCUT2D eigenvalue weighted by Crippen LogP contribution is -2.16. The summed E-state index contributed by atoms with van der Waals surface area (Å²) in [4.78, 5) is 20.6. The van der Waals surface area contributed by atoms with E-state index in [0.29, 0.717) is 12.5 Å². The minimum atomic E-state index is -1.21. The fraction of sp³-hybridized carbons (Fsp3) is 0.500. The topological polar surface area (TPSA) is 83.8 Å². The number of rotatable bonds is 5. The molecule has 5 heteroatoms. The second-order valence-corrected chi connectivity index (χ2v) is 2.36. The summed E-state index contributed by atoms with van der Waals surface area (Å²) in [5.41, 5.74) is 0. The normalized spacial score (nSPS) is 12.8. The lowest BCUT2D eigenvalue weighted by molar-refractivity contribution is -0.141. The van der Waals surface area contributed by atoms with Crippen LogP contribution >= 0.6 is 0 Å². The Morgan fingerprint density at radius 3 is 2.54 bits per heavy atom. The molecule has 0 spiro atoms. The highest BCUT2D eigenvalue weighted by molar-refractivity contribution is 5.90. The van der Waals surface area contributed by atoms with Crippen LogP contribution < -0.4 is 0 Å². The van der Waals surface area contributed by atoms with Gasteiger partial charge in [0.15, 0.2) is 0 Å². The minimum absolute atomic E-state index is 0.112. The third-order valence-corrected chi connectivity index (χ3v) is 1.25. The molecule has 0 fully saturated rings. The average molecular weight is 188 g/mol. The monoisotopic (exact) mass is 188 g/mol. The predicted octanol–water partition coefficient (Wildman–Crippen LogP) is -0.0587. The van der Waals surface area contributed by atoms with Gasteiger partial charge in [0.1, 0.15) is 6.61 Å². The molecule has 1 atom stereocenters.